The molecule has 1 aromatic carbocycles. The van der Waals surface area contributed by atoms with Crippen LogP contribution in [-0.2, 0) is 0 Å². The van der Waals surface area contributed by atoms with Crippen molar-refractivity contribution in [1.29, 1.82) is 5.26 Å². The average molecular weight is 260 g/mol. The zero-order valence-electron chi connectivity index (χ0n) is 12.4. The molecule has 0 spiro atoms. The first-order chi connectivity index (χ1) is 8.98. The van der Waals surface area contributed by atoms with E-state index in [9.17, 15) is 0 Å². The van der Waals surface area contributed by atoms with Crippen LogP contribution in [0.3, 0.4) is 0 Å². The molecule has 19 heavy (non-hydrogen) atoms. The molecular weight excluding hydrogens is 236 g/mol. The average Bonchev–Trinajstić information content (AvgIpc) is 2.43. The zero-order valence-corrected chi connectivity index (χ0v) is 12.4. The zero-order chi connectivity index (χ0) is 14.3. The van der Waals surface area contributed by atoms with Crippen molar-refractivity contribution in [3.63, 3.8) is 0 Å². The van der Waals surface area contributed by atoms with Crippen molar-refractivity contribution in [3.05, 3.63) is 29.8 Å². The molecule has 1 rings (SSSR count). The van der Waals surface area contributed by atoms with Gasteiger partial charge in [0.15, 0.2) is 0 Å². The van der Waals surface area contributed by atoms with E-state index in [1.807, 2.05) is 26.0 Å². The fraction of sp³-hybridized carbons (Fsp3) is 0.562. The van der Waals surface area contributed by atoms with Crippen LogP contribution in [0.5, 0.6) is 5.75 Å². The van der Waals surface area contributed by atoms with E-state index in [1.165, 1.54) is 5.56 Å². The maximum absolute atomic E-state index is 8.95. The number of hydrogen-bond donors (Lipinski definition) is 1. The highest BCUT2D eigenvalue weighted by Gasteiger charge is 2.15. The Morgan fingerprint density at radius 1 is 1.32 bits per heavy atom. The molecule has 104 valence electrons. The maximum Gasteiger partial charge on any atom is 0.118 e. The molecule has 0 aromatic heterocycles. The lowest BCUT2D eigenvalue weighted by Gasteiger charge is -2.17. The lowest BCUT2D eigenvalue weighted by atomic mass is 9.90. The van der Waals surface area contributed by atoms with Gasteiger partial charge in [-0.3, -0.25) is 0 Å². The third kappa shape index (κ3) is 5.32. The second kappa shape index (κ2) is 7.16. The van der Waals surface area contributed by atoms with Gasteiger partial charge in [-0.05, 0) is 57.9 Å². The highest BCUT2D eigenvalue weighted by Crippen LogP contribution is 2.21. The van der Waals surface area contributed by atoms with E-state index in [2.05, 4.69) is 30.4 Å². The van der Waals surface area contributed by atoms with Crippen LogP contribution < -0.4 is 10.1 Å². The van der Waals surface area contributed by atoms with Crippen molar-refractivity contribution < 1.29 is 4.74 Å². The minimum Gasteiger partial charge on any atom is -0.497 e. The largest absolute Gasteiger partial charge is 0.497 e. The Hall–Kier alpha value is -1.53. The molecule has 3 nitrogen and oxygen atoms in total. The third-order valence-corrected chi connectivity index (χ3v) is 3.35. The van der Waals surface area contributed by atoms with E-state index in [1.54, 1.807) is 7.11 Å². The lowest BCUT2D eigenvalue weighted by Crippen LogP contribution is -2.21. The summed E-state index contributed by atoms with van der Waals surface area (Å²) < 4.78 is 5.15. The van der Waals surface area contributed by atoms with Gasteiger partial charge in [-0.2, -0.15) is 5.26 Å². The molecule has 0 aliphatic heterocycles. The van der Waals surface area contributed by atoms with Crippen LogP contribution in [0.25, 0.3) is 0 Å². The number of hydrogen-bond acceptors (Lipinski definition) is 3. The molecule has 0 amide bonds. The van der Waals surface area contributed by atoms with E-state index >= 15 is 0 Å². The smallest absolute Gasteiger partial charge is 0.118 e. The second-order valence-corrected chi connectivity index (χ2v) is 5.55. The van der Waals surface area contributed by atoms with Gasteiger partial charge >= 0.3 is 0 Å². The van der Waals surface area contributed by atoms with Gasteiger partial charge in [-0.1, -0.05) is 12.1 Å². The van der Waals surface area contributed by atoms with Crippen molar-refractivity contribution in [2.24, 2.45) is 5.41 Å². The van der Waals surface area contributed by atoms with Crippen LogP contribution in [-0.4, -0.2) is 13.7 Å². The molecule has 0 heterocycles. The molecule has 1 atom stereocenters. The van der Waals surface area contributed by atoms with Gasteiger partial charge in [0.25, 0.3) is 0 Å². The third-order valence-electron chi connectivity index (χ3n) is 3.35. The second-order valence-electron chi connectivity index (χ2n) is 5.55. The standard InChI is InChI=1S/C16H24N2O/c1-13(14-6-8-15(19-4)9-7-14)18-11-5-10-16(2,3)12-17/h6-9,13,18H,5,10-11H2,1-4H3. The Kier molecular flexibility index (Phi) is 5.85. The predicted octanol–water partition coefficient (Wildman–Crippen LogP) is 3.68. The van der Waals surface area contributed by atoms with E-state index in [4.69, 9.17) is 10.00 Å². The first-order valence-corrected chi connectivity index (χ1v) is 6.77. The molecule has 0 saturated carbocycles. The summed E-state index contributed by atoms with van der Waals surface area (Å²) in [5, 5.41) is 12.4. The van der Waals surface area contributed by atoms with Crippen molar-refractivity contribution >= 4 is 0 Å². The Bertz CT molecular complexity index is 417. The molecule has 1 unspecified atom stereocenters. The van der Waals surface area contributed by atoms with Gasteiger partial charge in [0, 0.05) is 6.04 Å². The van der Waals surface area contributed by atoms with Crippen molar-refractivity contribution in [1.82, 2.24) is 5.32 Å². The van der Waals surface area contributed by atoms with Crippen LogP contribution in [0.1, 0.15) is 45.2 Å². The molecule has 0 saturated heterocycles. The van der Waals surface area contributed by atoms with Gasteiger partial charge in [0.05, 0.1) is 18.6 Å². The van der Waals surface area contributed by atoms with Gasteiger partial charge in [0.1, 0.15) is 5.75 Å². The molecule has 3 heteroatoms. The topological polar surface area (TPSA) is 45.0 Å². The van der Waals surface area contributed by atoms with E-state index in [0.717, 1.165) is 25.1 Å². The van der Waals surface area contributed by atoms with Crippen LogP contribution in [0, 0.1) is 16.7 Å². The monoisotopic (exact) mass is 260 g/mol. The van der Waals surface area contributed by atoms with E-state index in [0.29, 0.717) is 6.04 Å². The van der Waals surface area contributed by atoms with Crippen LogP contribution in [0.4, 0.5) is 0 Å². The summed E-state index contributed by atoms with van der Waals surface area (Å²) in [5.74, 6) is 0.881. The van der Waals surface area contributed by atoms with E-state index < -0.39 is 0 Å². The summed E-state index contributed by atoms with van der Waals surface area (Å²) in [6.07, 6.45) is 1.94. The lowest BCUT2D eigenvalue weighted by molar-refractivity contribution is 0.412. The number of methoxy groups -OCH3 is 1. The Morgan fingerprint density at radius 3 is 2.47 bits per heavy atom. The molecule has 0 radical (unpaired) electrons. The Labute approximate surface area is 116 Å². The van der Waals surface area contributed by atoms with Crippen LogP contribution in [0.2, 0.25) is 0 Å². The van der Waals surface area contributed by atoms with Crippen LogP contribution in [0.15, 0.2) is 24.3 Å². The minimum absolute atomic E-state index is 0.217. The highest BCUT2D eigenvalue weighted by atomic mass is 16.5. The number of rotatable bonds is 7. The molecule has 0 bridgehead atoms. The number of nitrogens with one attached hydrogen (secondary N) is 1. The molecular formula is C16H24N2O. The van der Waals surface area contributed by atoms with Crippen molar-refractivity contribution in [3.8, 4) is 11.8 Å². The van der Waals surface area contributed by atoms with Gasteiger partial charge in [-0.15, -0.1) is 0 Å². The summed E-state index contributed by atoms with van der Waals surface area (Å²) in [5.41, 5.74) is 1.03. The first kappa shape index (κ1) is 15.5. The Balaban J connectivity index is 2.35. The van der Waals surface area contributed by atoms with Gasteiger partial charge in [-0.25, -0.2) is 0 Å². The normalized spacial score (nSPS) is 12.8. The highest BCUT2D eigenvalue weighted by molar-refractivity contribution is 5.28. The summed E-state index contributed by atoms with van der Waals surface area (Å²) in [6.45, 7) is 7.05. The van der Waals surface area contributed by atoms with Gasteiger partial charge in [0.2, 0.25) is 0 Å². The van der Waals surface area contributed by atoms with E-state index in [-0.39, 0.29) is 5.41 Å². The summed E-state index contributed by atoms with van der Waals surface area (Å²) in [7, 11) is 1.67. The fourth-order valence-corrected chi connectivity index (χ4v) is 1.92. The summed E-state index contributed by atoms with van der Waals surface area (Å²) in [6, 6.07) is 10.8. The molecule has 1 N–H and O–H groups in total. The van der Waals surface area contributed by atoms with Crippen molar-refractivity contribution in [2.75, 3.05) is 13.7 Å². The SMILES string of the molecule is COc1ccc(C(C)NCCCC(C)(C)C#N)cc1. The molecule has 0 aliphatic carbocycles. The number of ether oxygens (including phenoxy) is 1. The van der Waals surface area contributed by atoms with Gasteiger partial charge < -0.3 is 10.1 Å². The summed E-state index contributed by atoms with van der Waals surface area (Å²) in [4.78, 5) is 0. The first-order valence-electron chi connectivity index (χ1n) is 6.77. The quantitative estimate of drug-likeness (QED) is 0.761. The molecule has 0 fully saturated rings. The molecule has 0 aliphatic rings. The maximum atomic E-state index is 8.95. The minimum atomic E-state index is -0.217. The molecule has 1 aromatic rings. The number of nitriles is 1. The fourth-order valence-electron chi connectivity index (χ4n) is 1.92. The summed E-state index contributed by atoms with van der Waals surface area (Å²) >= 11 is 0. The predicted molar refractivity (Wildman–Crippen MR) is 78.0 cm³/mol. The van der Waals surface area contributed by atoms with Crippen molar-refractivity contribution in [2.45, 2.75) is 39.7 Å². The number of benzene rings is 1. The van der Waals surface area contributed by atoms with Crippen LogP contribution >= 0.6 is 0 Å². The Morgan fingerprint density at radius 2 is 1.95 bits per heavy atom. The number of nitrogens with zero attached hydrogens (tertiary/aromatic N) is 1.